The van der Waals surface area contributed by atoms with Gasteiger partial charge < -0.3 is 9.26 Å². The van der Waals surface area contributed by atoms with E-state index in [-0.39, 0.29) is 0 Å². The minimum atomic E-state index is 0.347. The molecule has 3 aliphatic rings. The van der Waals surface area contributed by atoms with Crippen LogP contribution in [0.15, 0.2) is 4.52 Å². The zero-order chi connectivity index (χ0) is 12.8. The summed E-state index contributed by atoms with van der Waals surface area (Å²) in [6.45, 7) is 5.08. The van der Waals surface area contributed by atoms with Gasteiger partial charge in [0.2, 0.25) is 5.89 Å². The van der Waals surface area contributed by atoms with Crippen LogP contribution in [0.25, 0.3) is 0 Å². The quantitative estimate of drug-likeness (QED) is 0.831. The van der Waals surface area contributed by atoms with E-state index >= 15 is 0 Å². The lowest BCUT2D eigenvalue weighted by molar-refractivity contribution is 0.0101. The molecule has 0 radical (unpaired) electrons. The highest BCUT2D eigenvalue weighted by atomic mass is 16.5. The normalized spacial score (nSPS) is 35.5. The molecular formula is C14H21N3O2. The summed E-state index contributed by atoms with van der Waals surface area (Å²) in [6.07, 6.45) is 5.39. The number of ether oxygens (including phenoxy) is 1. The molecule has 1 saturated carbocycles. The van der Waals surface area contributed by atoms with Gasteiger partial charge in [0, 0.05) is 25.7 Å². The molecule has 1 aromatic rings. The zero-order valence-corrected chi connectivity index (χ0v) is 11.4. The minimum absolute atomic E-state index is 0.347. The molecule has 4 rings (SSSR count). The Morgan fingerprint density at radius 2 is 2.21 bits per heavy atom. The van der Waals surface area contributed by atoms with Crippen LogP contribution in [0.4, 0.5) is 0 Å². The number of aryl methyl sites for hydroxylation is 1. The van der Waals surface area contributed by atoms with E-state index in [4.69, 9.17) is 9.26 Å². The van der Waals surface area contributed by atoms with Gasteiger partial charge in [-0.3, -0.25) is 4.90 Å². The highest BCUT2D eigenvalue weighted by molar-refractivity contribution is 5.03. The second-order valence-electron chi connectivity index (χ2n) is 6.27. The first-order valence-electron chi connectivity index (χ1n) is 7.45. The van der Waals surface area contributed by atoms with Crippen molar-refractivity contribution < 1.29 is 9.26 Å². The Labute approximate surface area is 113 Å². The lowest BCUT2D eigenvalue weighted by Gasteiger charge is -2.39. The standard InChI is InChI=1S/C14H21N3O2/c1-9-15-14(19-16-9)11-6-13-12(4-5-18-13)17(8-11)7-10-2-3-10/h10-13H,2-8H2,1H3/t11-,12+,13+/m0/s1. The van der Waals surface area contributed by atoms with E-state index in [2.05, 4.69) is 15.0 Å². The number of likely N-dealkylation sites (tertiary alicyclic amines) is 1. The smallest absolute Gasteiger partial charge is 0.231 e. The molecule has 0 spiro atoms. The Hall–Kier alpha value is -0.940. The third kappa shape index (κ3) is 2.30. The molecule has 5 nitrogen and oxygen atoms in total. The van der Waals surface area contributed by atoms with Gasteiger partial charge in [-0.15, -0.1) is 0 Å². The van der Waals surface area contributed by atoms with Crippen LogP contribution in [0.3, 0.4) is 0 Å². The van der Waals surface area contributed by atoms with Crippen molar-refractivity contribution in [1.29, 1.82) is 0 Å². The number of fused-ring (bicyclic) bond motifs is 1. The van der Waals surface area contributed by atoms with Crippen molar-refractivity contribution in [3.05, 3.63) is 11.7 Å². The molecule has 5 heteroatoms. The lowest BCUT2D eigenvalue weighted by Crippen LogP contribution is -2.49. The fourth-order valence-corrected chi connectivity index (χ4v) is 3.55. The molecular weight excluding hydrogens is 242 g/mol. The van der Waals surface area contributed by atoms with Crippen molar-refractivity contribution in [2.45, 2.75) is 50.7 Å². The van der Waals surface area contributed by atoms with Crippen molar-refractivity contribution in [2.24, 2.45) is 5.92 Å². The summed E-state index contributed by atoms with van der Waals surface area (Å²) < 4.78 is 11.3. The van der Waals surface area contributed by atoms with E-state index in [1.165, 1.54) is 25.8 Å². The molecule has 0 unspecified atom stereocenters. The van der Waals surface area contributed by atoms with E-state index in [9.17, 15) is 0 Å². The monoisotopic (exact) mass is 263 g/mol. The van der Waals surface area contributed by atoms with Gasteiger partial charge >= 0.3 is 0 Å². The third-order valence-corrected chi connectivity index (χ3v) is 4.70. The van der Waals surface area contributed by atoms with Crippen LogP contribution in [-0.4, -0.2) is 46.9 Å². The Bertz CT molecular complexity index is 457. The van der Waals surface area contributed by atoms with Gasteiger partial charge in [-0.2, -0.15) is 4.98 Å². The Morgan fingerprint density at radius 1 is 1.32 bits per heavy atom. The number of hydrogen-bond donors (Lipinski definition) is 0. The molecule has 3 heterocycles. The van der Waals surface area contributed by atoms with Gasteiger partial charge in [-0.05, 0) is 38.5 Å². The molecule has 0 bridgehead atoms. The summed E-state index contributed by atoms with van der Waals surface area (Å²) >= 11 is 0. The SMILES string of the molecule is Cc1noc([C@H]2C[C@H]3OCC[C@H]3N(CC3CC3)C2)n1. The number of hydrogen-bond acceptors (Lipinski definition) is 5. The highest BCUT2D eigenvalue weighted by Crippen LogP contribution is 2.38. The molecule has 3 fully saturated rings. The molecule has 104 valence electrons. The molecule has 1 aliphatic carbocycles. The van der Waals surface area contributed by atoms with Gasteiger partial charge in [0.05, 0.1) is 12.0 Å². The topological polar surface area (TPSA) is 51.4 Å². The van der Waals surface area contributed by atoms with Gasteiger partial charge in [-0.25, -0.2) is 0 Å². The van der Waals surface area contributed by atoms with Crippen molar-refractivity contribution in [1.82, 2.24) is 15.0 Å². The number of rotatable bonds is 3. The molecule has 0 aromatic carbocycles. The van der Waals surface area contributed by atoms with Crippen LogP contribution < -0.4 is 0 Å². The van der Waals surface area contributed by atoms with Crippen LogP contribution >= 0.6 is 0 Å². The largest absolute Gasteiger partial charge is 0.377 e. The van der Waals surface area contributed by atoms with Crippen molar-refractivity contribution in [2.75, 3.05) is 19.7 Å². The first kappa shape index (κ1) is 11.9. The van der Waals surface area contributed by atoms with Crippen molar-refractivity contribution in [3.63, 3.8) is 0 Å². The van der Waals surface area contributed by atoms with Crippen molar-refractivity contribution in [3.8, 4) is 0 Å². The van der Waals surface area contributed by atoms with Gasteiger partial charge in [0.1, 0.15) is 0 Å². The molecule has 19 heavy (non-hydrogen) atoms. The Kier molecular flexibility index (Phi) is 2.84. The number of aromatic nitrogens is 2. The molecule has 1 aromatic heterocycles. The predicted molar refractivity (Wildman–Crippen MR) is 68.8 cm³/mol. The van der Waals surface area contributed by atoms with Crippen LogP contribution in [0, 0.1) is 12.8 Å². The van der Waals surface area contributed by atoms with Crippen molar-refractivity contribution >= 4 is 0 Å². The fourth-order valence-electron chi connectivity index (χ4n) is 3.55. The lowest BCUT2D eigenvalue weighted by atomic mass is 9.89. The van der Waals surface area contributed by atoms with Gasteiger partial charge in [0.15, 0.2) is 5.82 Å². The zero-order valence-electron chi connectivity index (χ0n) is 11.4. The van der Waals surface area contributed by atoms with Gasteiger partial charge in [0.25, 0.3) is 0 Å². The Balaban J connectivity index is 1.53. The maximum Gasteiger partial charge on any atom is 0.231 e. The second-order valence-corrected chi connectivity index (χ2v) is 6.27. The maximum absolute atomic E-state index is 5.92. The van der Waals surface area contributed by atoms with E-state index in [1.54, 1.807) is 0 Å². The fraction of sp³-hybridized carbons (Fsp3) is 0.857. The number of nitrogens with zero attached hydrogens (tertiary/aromatic N) is 3. The third-order valence-electron chi connectivity index (χ3n) is 4.70. The molecule has 2 saturated heterocycles. The average molecular weight is 263 g/mol. The van der Waals surface area contributed by atoms with Crippen LogP contribution in [0.5, 0.6) is 0 Å². The summed E-state index contributed by atoms with van der Waals surface area (Å²) in [7, 11) is 0. The summed E-state index contributed by atoms with van der Waals surface area (Å²) in [5, 5.41) is 3.93. The van der Waals surface area contributed by atoms with Crippen LogP contribution in [-0.2, 0) is 4.74 Å². The first-order valence-corrected chi connectivity index (χ1v) is 7.45. The van der Waals surface area contributed by atoms with Crippen LogP contribution in [0.2, 0.25) is 0 Å². The first-order chi connectivity index (χ1) is 9.29. The Morgan fingerprint density at radius 3 is 2.95 bits per heavy atom. The minimum Gasteiger partial charge on any atom is -0.377 e. The van der Waals surface area contributed by atoms with Crippen LogP contribution in [0.1, 0.15) is 43.3 Å². The summed E-state index contributed by atoms with van der Waals surface area (Å²) in [5.41, 5.74) is 0. The van der Waals surface area contributed by atoms with E-state index in [0.717, 1.165) is 37.2 Å². The van der Waals surface area contributed by atoms with E-state index in [0.29, 0.717) is 18.1 Å². The maximum atomic E-state index is 5.92. The molecule has 3 atom stereocenters. The summed E-state index contributed by atoms with van der Waals surface area (Å²) in [5.74, 6) is 2.80. The number of piperidine rings is 1. The average Bonchev–Trinajstić information content (AvgIpc) is 2.90. The highest BCUT2D eigenvalue weighted by Gasteiger charge is 2.43. The van der Waals surface area contributed by atoms with E-state index in [1.807, 2.05) is 6.92 Å². The predicted octanol–water partition coefficient (Wildman–Crippen LogP) is 1.73. The van der Waals surface area contributed by atoms with E-state index < -0.39 is 0 Å². The second kappa shape index (κ2) is 4.56. The summed E-state index contributed by atoms with van der Waals surface area (Å²) in [6, 6.07) is 0.626. The molecule has 0 amide bonds. The molecule has 0 N–H and O–H groups in total. The van der Waals surface area contributed by atoms with Gasteiger partial charge in [-0.1, -0.05) is 5.16 Å². The summed E-state index contributed by atoms with van der Waals surface area (Å²) in [4.78, 5) is 7.05. The molecule has 2 aliphatic heterocycles.